The average Bonchev–Trinajstić information content (AvgIpc) is 3.07. The smallest absolute Gasteiger partial charge is 0.144 e. The first-order valence-corrected chi connectivity index (χ1v) is 9.32. The van der Waals surface area contributed by atoms with Gasteiger partial charge in [0.05, 0.1) is 29.8 Å². The van der Waals surface area contributed by atoms with Crippen LogP contribution < -0.4 is 0 Å². The lowest BCUT2D eigenvalue weighted by Gasteiger charge is -2.15. The van der Waals surface area contributed by atoms with Crippen molar-refractivity contribution in [3.63, 3.8) is 0 Å². The molecule has 4 aromatic rings. The van der Waals surface area contributed by atoms with Gasteiger partial charge in [-0.15, -0.1) is 0 Å². The fraction of sp³-hybridized carbons (Fsp3) is 0.0435. The summed E-state index contributed by atoms with van der Waals surface area (Å²) < 4.78 is 16.6. The molecular weight excluding hydrogens is 373 g/mol. The number of halogens is 2. The van der Waals surface area contributed by atoms with E-state index in [0.717, 1.165) is 28.3 Å². The van der Waals surface area contributed by atoms with Crippen LogP contribution in [0.4, 0.5) is 4.39 Å². The Morgan fingerprint density at radius 3 is 2.50 bits per heavy atom. The number of hydrogen-bond donors (Lipinski definition) is 0. The van der Waals surface area contributed by atoms with Gasteiger partial charge in [-0.05, 0) is 30.3 Å². The zero-order valence-electron chi connectivity index (χ0n) is 14.8. The Hall–Kier alpha value is -3.24. The summed E-state index contributed by atoms with van der Waals surface area (Å²) in [5.74, 6) is 0.518. The molecule has 3 aromatic carbocycles. The quantitative estimate of drug-likeness (QED) is 0.435. The predicted octanol–water partition coefficient (Wildman–Crippen LogP) is 5.68. The molecule has 0 atom stereocenters. The van der Waals surface area contributed by atoms with Crippen LogP contribution in [0.25, 0.3) is 17.1 Å². The Balaban J connectivity index is 1.78. The van der Waals surface area contributed by atoms with Gasteiger partial charge < -0.3 is 0 Å². The highest BCUT2D eigenvalue weighted by Gasteiger charge is 2.23. The first-order chi connectivity index (χ1) is 13.7. The molecule has 0 fully saturated rings. The highest BCUT2D eigenvalue weighted by Crippen LogP contribution is 2.32. The zero-order valence-corrected chi connectivity index (χ0v) is 15.6. The van der Waals surface area contributed by atoms with E-state index in [1.807, 2.05) is 60.8 Å². The Kier molecular flexibility index (Phi) is 4.06. The number of fused-ring (bicyclic) bond motifs is 3. The first-order valence-electron chi connectivity index (χ1n) is 8.94. The monoisotopic (exact) mass is 387 g/mol. The Morgan fingerprint density at radius 2 is 1.68 bits per heavy atom. The molecule has 0 N–H and O–H groups in total. The maximum atomic E-state index is 14.6. The summed E-state index contributed by atoms with van der Waals surface area (Å²) in [5, 5.41) is 0.576. The van der Waals surface area contributed by atoms with Gasteiger partial charge in [0.1, 0.15) is 11.6 Å². The van der Waals surface area contributed by atoms with E-state index < -0.39 is 0 Å². The van der Waals surface area contributed by atoms with Crippen LogP contribution in [0.15, 0.2) is 84.0 Å². The topological polar surface area (TPSA) is 30.2 Å². The van der Waals surface area contributed by atoms with Gasteiger partial charge >= 0.3 is 0 Å². The lowest BCUT2D eigenvalue weighted by atomic mass is 10.00. The summed E-state index contributed by atoms with van der Waals surface area (Å²) in [4.78, 5) is 9.38. The van der Waals surface area contributed by atoms with E-state index in [9.17, 15) is 4.39 Å². The summed E-state index contributed by atoms with van der Waals surface area (Å²) >= 11 is 6.31. The van der Waals surface area contributed by atoms with Crippen LogP contribution in [0.1, 0.15) is 16.8 Å². The lowest BCUT2D eigenvalue weighted by Crippen LogP contribution is -2.09. The molecule has 3 nitrogen and oxygen atoms in total. The van der Waals surface area contributed by atoms with Crippen molar-refractivity contribution in [1.82, 2.24) is 9.55 Å². The molecule has 5 rings (SSSR count). The third-order valence-electron chi connectivity index (χ3n) is 4.85. The minimum absolute atomic E-state index is 0.305. The summed E-state index contributed by atoms with van der Waals surface area (Å²) in [5.41, 5.74) is 4.67. The maximum Gasteiger partial charge on any atom is 0.144 e. The molecule has 0 spiro atoms. The number of rotatable bonds is 2. The van der Waals surface area contributed by atoms with Crippen molar-refractivity contribution in [2.24, 2.45) is 4.99 Å². The molecule has 1 aliphatic rings. The molecule has 136 valence electrons. The second-order valence-electron chi connectivity index (χ2n) is 6.58. The van der Waals surface area contributed by atoms with Crippen molar-refractivity contribution in [3.8, 4) is 17.1 Å². The van der Waals surface area contributed by atoms with Gasteiger partial charge in [-0.2, -0.15) is 0 Å². The first kappa shape index (κ1) is 16.9. The van der Waals surface area contributed by atoms with E-state index in [-0.39, 0.29) is 5.82 Å². The minimum atomic E-state index is -0.305. The van der Waals surface area contributed by atoms with Crippen LogP contribution in [0.5, 0.6) is 0 Å². The number of benzene rings is 3. The fourth-order valence-electron chi connectivity index (χ4n) is 3.58. The fourth-order valence-corrected chi connectivity index (χ4v) is 3.75. The summed E-state index contributed by atoms with van der Waals surface area (Å²) in [6.07, 6.45) is 1.83. The lowest BCUT2D eigenvalue weighted by molar-refractivity contribution is 0.625. The minimum Gasteiger partial charge on any atom is -0.294 e. The maximum absolute atomic E-state index is 14.6. The molecule has 1 aliphatic heterocycles. The molecule has 28 heavy (non-hydrogen) atoms. The summed E-state index contributed by atoms with van der Waals surface area (Å²) in [6.45, 7) is 0.399. The third-order valence-corrected chi connectivity index (χ3v) is 5.08. The normalized spacial score (nSPS) is 12.7. The van der Waals surface area contributed by atoms with Gasteiger partial charge in [0.2, 0.25) is 0 Å². The number of nitrogens with zero attached hydrogens (tertiary/aromatic N) is 3. The van der Waals surface area contributed by atoms with E-state index in [0.29, 0.717) is 22.8 Å². The third kappa shape index (κ3) is 2.74. The van der Waals surface area contributed by atoms with Crippen molar-refractivity contribution < 1.29 is 4.39 Å². The van der Waals surface area contributed by atoms with Gasteiger partial charge in [0.25, 0.3) is 0 Å². The SMILES string of the molecule is Fc1ccccc1C1=NCc2cnc(-c3ccccc3)n2-c2ccc(Cl)cc21. The molecular formula is C23H15ClFN3. The Labute approximate surface area is 166 Å². The van der Waals surface area contributed by atoms with Gasteiger partial charge in [0.15, 0.2) is 0 Å². The van der Waals surface area contributed by atoms with E-state index in [1.165, 1.54) is 6.07 Å². The van der Waals surface area contributed by atoms with Gasteiger partial charge in [0, 0.05) is 21.7 Å². The number of aromatic nitrogens is 2. The highest BCUT2D eigenvalue weighted by atomic mass is 35.5. The highest BCUT2D eigenvalue weighted by molar-refractivity contribution is 6.31. The van der Waals surface area contributed by atoms with Gasteiger partial charge in [-0.25, -0.2) is 9.37 Å². The number of aliphatic imine (C=N–C) groups is 1. The van der Waals surface area contributed by atoms with Crippen LogP contribution in [0.2, 0.25) is 5.02 Å². The Bertz CT molecular complexity index is 1210. The molecule has 5 heteroatoms. The molecule has 0 aliphatic carbocycles. The van der Waals surface area contributed by atoms with E-state index in [1.54, 1.807) is 12.1 Å². The van der Waals surface area contributed by atoms with Gasteiger partial charge in [-0.1, -0.05) is 54.1 Å². The summed E-state index contributed by atoms with van der Waals surface area (Å²) in [7, 11) is 0. The molecule has 0 unspecified atom stereocenters. The molecule has 0 saturated heterocycles. The standard InChI is InChI=1S/C23H15ClFN3/c24-16-10-11-21-19(12-16)22(18-8-4-5-9-20(18)25)26-13-17-14-27-23(28(17)21)15-6-2-1-3-7-15/h1-12,14H,13H2. The average molecular weight is 388 g/mol. The van der Waals surface area contributed by atoms with Crippen molar-refractivity contribution in [2.45, 2.75) is 6.54 Å². The van der Waals surface area contributed by atoms with Crippen molar-refractivity contribution in [1.29, 1.82) is 0 Å². The van der Waals surface area contributed by atoms with Crippen molar-refractivity contribution >= 4 is 17.3 Å². The van der Waals surface area contributed by atoms with Crippen molar-refractivity contribution in [2.75, 3.05) is 0 Å². The van der Waals surface area contributed by atoms with Gasteiger partial charge in [-0.3, -0.25) is 9.56 Å². The molecule has 1 aromatic heterocycles. The summed E-state index contributed by atoms with van der Waals surface area (Å²) in [6, 6.07) is 22.3. The number of hydrogen-bond acceptors (Lipinski definition) is 2. The zero-order chi connectivity index (χ0) is 19.1. The van der Waals surface area contributed by atoms with Crippen LogP contribution >= 0.6 is 11.6 Å². The molecule has 0 amide bonds. The van der Waals surface area contributed by atoms with Crippen LogP contribution in [-0.4, -0.2) is 15.3 Å². The second kappa shape index (κ2) is 6.73. The predicted molar refractivity (Wildman–Crippen MR) is 110 cm³/mol. The van der Waals surface area contributed by atoms with Crippen LogP contribution in [-0.2, 0) is 6.54 Å². The molecule has 0 radical (unpaired) electrons. The second-order valence-corrected chi connectivity index (χ2v) is 7.02. The molecule has 0 saturated carbocycles. The van der Waals surface area contributed by atoms with E-state index >= 15 is 0 Å². The van der Waals surface area contributed by atoms with Crippen LogP contribution in [0, 0.1) is 5.82 Å². The van der Waals surface area contributed by atoms with E-state index in [2.05, 4.69) is 9.55 Å². The largest absolute Gasteiger partial charge is 0.294 e. The van der Waals surface area contributed by atoms with Crippen LogP contribution in [0.3, 0.4) is 0 Å². The van der Waals surface area contributed by atoms with E-state index in [4.69, 9.17) is 16.6 Å². The molecule has 2 heterocycles. The number of imidazole rings is 1. The Morgan fingerprint density at radius 1 is 0.893 bits per heavy atom. The molecule has 0 bridgehead atoms. The van der Waals surface area contributed by atoms with Crippen molar-refractivity contribution in [3.05, 3.63) is 107 Å².